The number of nitrogens with zero attached hydrogens (tertiary/aromatic N) is 4. The van der Waals surface area contributed by atoms with Crippen LogP contribution in [-0.2, 0) is 15.5 Å². The standard InChI is InChI=1S/C18H22N4O5S/c1-18(2,3)27-17(23)21-8-4-5-13(11-21)28(26)16-10-19-15-9-12(22(24)25)6-7-14(15)20-16/h6-7,9-10,13H,4-5,8,11H2,1-3H3/t13-,28+/m1/s1. The molecule has 1 aromatic carbocycles. The fraction of sp³-hybridized carbons (Fsp3) is 0.500. The lowest BCUT2D eigenvalue weighted by Gasteiger charge is -2.33. The maximum Gasteiger partial charge on any atom is 0.410 e. The molecule has 1 aliphatic rings. The molecule has 0 unspecified atom stereocenters. The van der Waals surface area contributed by atoms with Crippen LogP contribution in [0, 0.1) is 10.1 Å². The fourth-order valence-corrected chi connectivity index (χ4v) is 4.35. The molecule has 0 radical (unpaired) electrons. The summed E-state index contributed by atoms with van der Waals surface area (Å²) in [7, 11) is -1.46. The Kier molecular flexibility index (Phi) is 5.59. The average molecular weight is 406 g/mol. The minimum atomic E-state index is -1.46. The molecular weight excluding hydrogens is 384 g/mol. The van der Waals surface area contributed by atoms with Crippen LogP contribution in [0.4, 0.5) is 10.5 Å². The molecular formula is C18H22N4O5S. The van der Waals surface area contributed by atoms with E-state index in [0.717, 1.165) is 6.42 Å². The minimum absolute atomic E-state index is 0.0732. The number of nitro groups is 1. The van der Waals surface area contributed by atoms with E-state index in [9.17, 15) is 19.1 Å². The van der Waals surface area contributed by atoms with E-state index in [4.69, 9.17) is 4.74 Å². The Balaban J connectivity index is 1.76. The molecule has 2 aromatic rings. The van der Waals surface area contributed by atoms with Gasteiger partial charge < -0.3 is 9.64 Å². The smallest absolute Gasteiger partial charge is 0.410 e. The molecule has 1 fully saturated rings. The lowest BCUT2D eigenvalue weighted by Crippen LogP contribution is -2.45. The number of fused-ring (bicyclic) bond motifs is 1. The van der Waals surface area contributed by atoms with E-state index >= 15 is 0 Å². The number of non-ortho nitro benzene ring substituents is 1. The summed E-state index contributed by atoms with van der Waals surface area (Å²) in [5.41, 5.74) is 0.150. The zero-order valence-corrected chi connectivity index (χ0v) is 16.8. The highest BCUT2D eigenvalue weighted by Crippen LogP contribution is 2.23. The van der Waals surface area contributed by atoms with Crippen LogP contribution < -0.4 is 0 Å². The maximum atomic E-state index is 13.0. The van der Waals surface area contributed by atoms with E-state index in [1.165, 1.54) is 24.4 Å². The van der Waals surface area contributed by atoms with Crippen LogP contribution in [0.25, 0.3) is 11.0 Å². The van der Waals surface area contributed by atoms with Crippen molar-refractivity contribution in [3.05, 3.63) is 34.5 Å². The van der Waals surface area contributed by atoms with Gasteiger partial charge in [-0.3, -0.25) is 19.3 Å². The van der Waals surface area contributed by atoms with Crippen LogP contribution in [0.2, 0.25) is 0 Å². The number of rotatable bonds is 3. The zero-order chi connectivity index (χ0) is 20.5. The van der Waals surface area contributed by atoms with Crippen molar-refractivity contribution in [1.29, 1.82) is 0 Å². The number of likely N-dealkylation sites (tertiary alicyclic amines) is 1. The van der Waals surface area contributed by atoms with Gasteiger partial charge in [0.1, 0.15) is 10.6 Å². The number of benzene rings is 1. The molecule has 9 nitrogen and oxygen atoms in total. The van der Waals surface area contributed by atoms with E-state index in [1.54, 1.807) is 25.7 Å². The molecule has 28 heavy (non-hydrogen) atoms. The van der Waals surface area contributed by atoms with E-state index < -0.39 is 27.4 Å². The van der Waals surface area contributed by atoms with Gasteiger partial charge >= 0.3 is 6.09 Å². The topological polar surface area (TPSA) is 116 Å². The fourth-order valence-electron chi connectivity index (χ4n) is 2.97. The van der Waals surface area contributed by atoms with E-state index in [2.05, 4.69) is 9.97 Å². The van der Waals surface area contributed by atoms with Crippen LogP contribution in [0.5, 0.6) is 0 Å². The highest BCUT2D eigenvalue weighted by atomic mass is 32.2. The molecule has 2 heterocycles. The first kappa shape index (κ1) is 20.1. The van der Waals surface area contributed by atoms with Gasteiger partial charge in [-0.15, -0.1) is 0 Å². The highest BCUT2D eigenvalue weighted by Gasteiger charge is 2.31. The largest absolute Gasteiger partial charge is 0.444 e. The highest BCUT2D eigenvalue weighted by molar-refractivity contribution is 7.85. The molecule has 1 saturated heterocycles. The molecule has 0 saturated carbocycles. The second-order valence-corrected chi connectivity index (χ2v) is 9.31. The molecule has 0 spiro atoms. The summed E-state index contributed by atoms with van der Waals surface area (Å²) in [5, 5.41) is 10.9. The summed E-state index contributed by atoms with van der Waals surface area (Å²) in [4.78, 5) is 32.8. The average Bonchev–Trinajstić information content (AvgIpc) is 2.65. The van der Waals surface area contributed by atoms with Gasteiger partial charge in [-0.1, -0.05) is 0 Å². The molecule has 10 heteroatoms. The third-order valence-corrected chi connectivity index (χ3v) is 5.85. The number of carbonyl (C=O) groups excluding carboxylic acids is 1. The van der Waals surface area contributed by atoms with E-state index in [0.29, 0.717) is 35.6 Å². The lowest BCUT2D eigenvalue weighted by atomic mass is 10.1. The van der Waals surface area contributed by atoms with Gasteiger partial charge in [0.25, 0.3) is 5.69 Å². The quantitative estimate of drug-likeness (QED) is 0.568. The van der Waals surface area contributed by atoms with E-state index in [-0.39, 0.29) is 10.9 Å². The Hall–Kier alpha value is -2.62. The number of hydrogen-bond acceptors (Lipinski definition) is 7. The molecule has 0 aliphatic carbocycles. The van der Waals surface area contributed by atoms with Gasteiger partial charge in [-0.05, 0) is 39.7 Å². The second kappa shape index (κ2) is 7.78. The van der Waals surface area contributed by atoms with E-state index in [1.807, 2.05) is 0 Å². The molecule has 1 amide bonds. The van der Waals surface area contributed by atoms with Crippen LogP contribution in [-0.4, -0.2) is 54.0 Å². The second-order valence-electron chi connectivity index (χ2n) is 7.63. The van der Waals surface area contributed by atoms with Crippen molar-refractivity contribution in [2.24, 2.45) is 0 Å². The summed E-state index contributed by atoms with van der Waals surface area (Å²) in [6, 6.07) is 4.17. The summed E-state index contributed by atoms with van der Waals surface area (Å²) in [6.45, 7) is 6.30. The summed E-state index contributed by atoms with van der Waals surface area (Å²) in [5.74, 6) is 0. The van der Waals surface area contributed by atoms with Crippen molar-refractivity contribution in [1.82, 2.24) is 14.9 Å². The Bertz CT molecular complexity index is 943. The van der Waals surface area contributed by atoms with Crippen LogP contribution in [0.15, 0.2) is 29.4 Å². The molecule has 1 aromatic heterocycles. The number of nitro benzene ring substituents is 1. The molecule has 150 valence electrons. The summed E-state index contributed by atoms with van der Waals surface area (Å²) >= 11 is 0. The Morgan fingerprint density at radius 1 is 1.36 bits per heavy atom. The molecule has 0 N–H and O–H groups in total. The number of piperidine rings is 1. The van der Waals surface area contributed by atoms with Crippen LogP contribution >= 0.6 is 0 Å². The van der Waals surface area contributed by atoms with Gasteiger partial charge in [0.15, 0.2) is 0 Å². The Morgan fingerprint density at radius 2 is 2.11 bits per heavy atom. The lowest BCUT2D eigenvalue weighted by molar-refractivity contribution is -0.384. The summed E-state index contributed by atoms with van der Waals surface area (Å²) < 4.78 is 18.4. The zero-order valence-electron chi connectivity index (χ0n) is 16.0. The van der Waals surface area contributed by atoms with Crippen LogP contribution in [0.3, 0.4) is 0 Å². The van der Waals surface area contributed by atoms with Crippen molar-refractivity contribution in [3.8, 4) is 0 Å². The van der Waals surface area contributed by atoms with Gasteiger partial charge in [0.2, 0.25) is 0 Å². The Morgan fingerprint density at radius 3 is 2.79 bits per heavy atom. The number of aromatic nitrogens is 2. The monoisotopic (exact) mass is 406 g/mol. The number of carbonyl (C=O) groups is 1. The molecule has 1 aliphatic heterocycles. The van der Waals surface area contributed by atoms with Gasteiger partial charge in [-0.2, -0.15) is 0 Å². The van der Waals surface area contributed by atoms with Gasteiger partial charge in [0, 0.05) is 25.2 Å². The predicted molar refractivity (Wildman–Crippen MR) is 103 cm³/mol. The molecule has 0 bridgehead atoms. The first-order valence-corrected chi connectivity index (χ1v) is 10.1. The third-order valence-electron chi connectivity index (χ3n) is 4.25. The van der Waals surface area contributed by atoms with Crippen molar-refractivity contribution >= 4 is 33.6 Å². The number of hydrogen-bond donors (Lipinski definition) is 0. The number of ether oxygens (including phenoxy) is 1. The summed E-state index contributed by atoms with van der Waals surface area (Å²) in [6.07, 6.45) is 2.40. The third kappa shape index (κ3) is 4.61. The SMILES string of the molecule is CC(C)(C)OC(=O)N1CCC[C@@H]([S@](=O)c2cnc3cc([N+](=O)[O-])ccc3n2)C1. The number of amides is 1. The van der Waals surface area contributed by atoms with Gasteiger partial charge in [0.05, 0.1) is 38.2 Å². The predicted octanol–water partition coefficient (Wildman–Crippen LogP) is 3.05. The van der Waals surface area contributed by atoms with Gasteiger partial charge in [-0.25, -0.2) is 9.78 Å². The first-order valence-electron chi connectivity index (χ1n) is 8.94. The maximum absolute atomic E-state index is 13.0. The normalized spacial score (nSPS) is 18.7. The van der Waals surface area contributed by atoms with Crippen molar-refractivity contribution in [2.75, 3.05) is 13.1 Å². The van der Waals surface area contributed by atoms with Crippen molar-refractivity contribution in [3.63, 3.8) is 0 Å². The molecule has 3 rings (SSSR count). The van der Waals surface area contributed by atoms with Crippen molar-refractivity contribution < 1.29 is 18.7 Å². The van der Waals surface area contributed by atoms with Crippen molar-refractivity contribution in [2.45, 2.75) is 49.5 Å². The minimum Gasteiger partial charge on any atom is -0.444 e. The van der Waals surface area contributed by atoms with Crippen LogP contribution in [0.1, 0.15) is 33.6 Å². The molecule has 2 atom stereocenters. The first-order chi connectivity index (χ1) is 13.1. The Labute approximate surface area is 164 Å².